The summed E-state index contributed by atoms with van der Waals surface area (Å²) in [5.74, 6) is 0.914. The van der Waals surface area contributed by atoms with E-state index in [-0.39, 0.29) is 6.61 Å². The van der Waals surface area contributed by atoms with Crippen molar-refractivity contribution in [3.05, 3.63) is 34.3 Å². The van der Waals surface area contributed by atoms with Gasteiger partial charge in [0, 0.05) is 5.56 Å². The minimum absolute atomic E-state index is 0.0558. The van der Waals surface area contributed by atoms with Gasteiger partial charge in [0.2, 0.25) is 0 Å². The molecule has 0 spiro atoms. The fourth-order valence-electron chi connectivity index (χ4n) is 1.89. The molecule has 3 nitrogen and oxygen atoms in total. The van der Waals surface area contributed by atoms with E-state index < -0.39 is 0 Å². The van der Waals surface area contributed by atoms with Crippen LogP contribution < -0.4 is 4.74 Å². The second-order valence-electron chi connectivity index (χ2n) is 4.07. The number of hydrogen-bond donors (Lipinski definition) is 1. The number of hydrogen-bond acceptors (Lipinski definition) is 4. The normalized spacial score (nSPS) is 10.7. The fraction of sp³-hybridized carbons (Fsp3) is 0.357. The number of aryl methyl sites for hydroxylation is 2. The van der Waals surface area contributed by atoms with Crippen LogP contribution in [0, 0.1) is 6.92 Å². The molecule has 1 aromatic carbocycles. The van der Waals surface area contributed by atoms with Crippen LogP contribution in [-0.4, -0.2) is 17.2 Å². The predicted molar refractivity (Wildman–Crippen MR) is 74.1 cm³/mol. The van der Waals surface area contributed by atoms with Crippen molar-refractivity contribution in [1.82, 2.24) is 4.98 Å². The summed E-state index contributed by atoms with van der Waals surface area (Å²) in [5.41, 5.74) is 3.17. The summed E-state index contributed by atoms with van der Waals surface area (Å²) in [7, 11) is 1.69. The number of benzene rings is 1. The van der Waals surface area contributed by atoms with Gasteiger partial charge in [-0.05, 0) is 37.1 Å². The maximum Gasteiger partial charge on any atom is 0.123 e. The molecule has 0 fully saturated rings. The van der Waals surface area contributed by atoms with E-state index in [4.69, 9.17) is 4.74 Å². The molecule has 4 heteroatoms. The lowest BCUT2D eigenvalue weighted by Crippen LogP contribution is -1.91. The summed E-state index contributed by atoms with van der Waals surface area (Å²) in [6.45, 7) is 4.09. The van der Waals surface area contributed by atoms with Crippen molar-refractivity contribution in [3.63, 3.8) is 0 Å². The third kappa shape index (κ3) is 2.40. The lowest BCUT2D eigenvalue weighted by molar-refractivity contribution is 0.284. The first-order valence-electron chi connectivity index (χ1n) is 5.94. The third-order valence-corrected chi connectivity index (χ3v) is 4.14. The Morgan fingerprint density at radius 2 is 2.17 bits per heavy atom. The highest BCUT2D eigenvalue weighted by Crippen LogP contribution is 2.31. The van der Waals surface area contributed by atoms with Gasteiger partial charge in [0.1, 0.15) is 10.8 Å². The van der Waals surface area contributed by atoms with Crippen molar-refractivity contribution in [2.24, 2.45) is 0 Å². The predicted octanol–water partition coefficient (Wildman–Crippen LogP) is 3.18. The molecular formula is C14H17NO2S. The monoisotopic (exact) mass is 263 g/mol. The number of aromatic nitrogens is 1. The Balaban J connectivity index is 2.44. The highest BCUT2D eigenvalue weighted by atomic mass is 32.1. The minimum Gasteiger partial charge on any atom is -0.496 e. The molecule has 18 heavy (non-hydrogen) atoms. The molecule has 0 aliphatic heterocycles. The molecular weight excluding hydrogens is 246 g/mol. The second-order valence-corrected chi connectivity index (χ2v) is 5.15. The molecule has 96 valence electrons. The van der Waals surface area contributed by atoms with Gasteiger partial charge < -0.3 is 9.84 Å². The van der Waals surface area contributed by atoms with Gasteiger partial charge in [-0.1, -0.05) is 6.92 Å². The molecule has 0 radical (unpaired) electrons. The van der Waals surface area contributed by atoms with Gasteiger partial charge in [0.15, 0.2) is 0 Å². The number of rotatable bonds is 4. The zero-order chi connectivity index (χ0) is 13.1. The fourth-order valence-corrected chi connectivity index (χ4v) is 2.80. The smallest absolute Gasteiger partial charge is 0.123 e. The molecule has 1 heterocycles. The van der Waals surface area contributed by atoms with Crippen molar-refractivity contribution in [1.29, 1.82) is 0 Å². The zero-order valence-electron chi connectivity index (χ0n) is 10.9. The van der Waals surface area contributed by atoms with Gasteiger partial charge in [0.05, 0.1) is 24.3 Å². The molecule has 0 atom stereocenters. The number of aliphatic hydroxyl groups excluding tert-OH is 1. The second kappa shape index (κ2) is 5.50. The van der Waals surface area contributed by atoms with E-state index in [0.29, 0.717) is 0 Å². The Morgan fingerprint density at radius 1 is 1.39 bits per heavy atom. The molecule has 0 unspecified atom stereocenters. The van der Waals surface area contributed by atoms with Crippen LogP contribution in [0.5, 0.6) is 5.75 Å². The van der Waals surface area contributed by atoms with Crippen molar-refractivity contribution < 1.29 is 9.84 Å². The van der Waals surface area contributed by atoms with Crippen molar-refractivity contribution in [2.75, 3.05) is 7.11 Å². The van der Waals surface area contributed by atoms with Crippen LogP contribution in [0.3, 0.4) is 0 Å². The molecule has 0 aliphatic rings. The van der Waals surface area contributed by atoms with E-state index in [9.17, 15) is 5.11 Å². The summed E-state index contributed by atoms with van der Waals surface area (Å²) in [5, 5.41) is 10.2. The lowest BCUT2D eigenvalue weighted by Gasteiger charge is -2.07. The lowest BCUT2D eigenvalue weighted by atomic mass is 10.1. The average molecular weight is 263 g/mol. The van der Waals surface area contributed by atoms with Gasteiger partial charge in [-0.15, -0.1) is 11.3 Å². The van der Waals surface area contributed by atoms with Gasteiger partial charge in [-0.25, -0.2) is 4.98 Å². The first kappa shape index (κ1) is 13.1. The van der Waals surface area contributed by atoms with Gasteiger partial charge in [-0.2, -0.15) is 0 Å². The molecule has 1 aromatic heterocycles. The average Bonchev–Trinajstić information content (AvgIpc) is 2.79. The summed E-state index contributed by atoms with van der Waals surface area (Å²) in [4.78, 5) is 5.43. The van der Waals surface area contributed by atoms with E-state index in [1.807, 2.05) is 19.1 Å². The molecule has 0 bridgehead atoms. The van der Waals surface area contributed by atoms with E-state index in [1.54, 1.807) is 18.4 Å². The van der Waals surface area contributed by atoms with Gasteiger partial charge >= 0.3 is 0 Å². The van der Waals surface area contributed by atoms with Gasteiger partial charge in [0.25, 0.3) is 0 Å². The van der Waals surface area contributed by atoms with E-state index in [0.717, 1.165) is 33.3 Å². The standard InChI is InChI=1S/C14H17NO2S/c1-4-10-7-11(5-6-12(10)17-3)14-15-9(2)13(8-16)18-14/h5-7,16H,4,8H2,1-3H3. The number of ether oxygens (including phenoxy) is 1. The Labute approximate surface area is 111 Å². The zero-order valence-corrected chi connectivity index (χ0v) is 11.7. The number of aliphatic hydroxyl groups is 1. The largest absolute Gasteiger partial charge is 0.496 e. The first-order chi connectivity index (χ1) is 8.69. The molecule has 2 rings (SSSR count). The summed E-state index contributed by atoms with van der Waals surface area (Å²) < 4.78 is 5.32. The van der Waals surface area contributed by atoms with Crippen molar-refractivity contribution >= 4 is 11.3 Å². The van der Waals surface area contributed by atoms with Gasteiger partial charge in [-0.3, -0.25) is 0 Å². The van der Waals surface area contributed by atoms with Crippen molar-refractivity contribution in [3.8, 4) is 16.3 Å². The first-order valence-corrected chi connectivity index (χ1v) is 6.75. The molecule has 1 N–H and O–H groups in total. The van der Waals surface area contributed by atoms with Crippen LogP contribution in [0.4, 0.5) is 0 Å². The quantitative estimate of drug-likeness (QED) is 0.921. The molecule has 2 aromatic rings. The highest BCUT2D eigenvalue weighted by molar-refractivity contribution is 7.15. The van der Waals surface area contributed by atoms with E-state index in [1.165, 1.54) is 5.56 Å². The van der Waals surface area contributed by atoms with Crippen LogP contribution in [0.15, 0.2) is 18.2 Å². The van der Waals surface area contributed by atoms with E-state index >= 15 is 0 Å². The Bertz CT molecular complexity index is 549. The number of thiazole rings is 1. The van der Waals surface area contributed by atoms with Crippen LogP contribution in [0.1, 0.15) is 23.1 Å². The topological polar surface area (TPSA) is 42.4 Å². The Morgan fingerprint density at radius 3 is 2.72 bits per heavy atom. The SMILES string of the molecule is CCc1cc(-c2nc(C)c(CO)s2)ccc1OC. The van der Waals surface area contributed by atoms with Crippen molar-refractivity contribution in [2.45, 2.75) is 26.9 Å². The van der Waals surface area contributed by atoms with Crippen LogP contribution >= 0.6 is 11.3 Å². The maximum atomic E-state index is 9.21. The Hall–Kier alpha value is -1.39. The van der Waals surface area contributed by atoms with E-state index in [2.05, 4.69) is 18.0 Å². The third-order valence-electron chi connectivity index (χ3n) is 2.94. The van der Waals surface area contributed by atoms with Crippen LogP contribution in [0.2, 0.25) is 0 Å². The summed E-state index contributed by atoms with van der Waals surface area (Å²) in [6, 6.07) is 6.10. The van der Waals surface area contributed by atoms with Crippen LogP contribution in [-0.2, 0) is 13.0 Å². The number of nitrogens with zero attached hydrogens (tertiary/aromatic N) is 1. The summed E-state index contributed by atoms with van der Waals surface area (Å²) >= 11 is 1.54. The maximum absolute atomic E-state index is 9.21. The van der Waals surface area contributed by atoms with Crippen LogP contribution in [0.25, 0.3) is 10.6 Å². The molecule has 0 saturated heterocycles. The number of methoxy groups -OCH3 is 1. The highest BCUT2D eigenvalue weighted by Gasteiger charge is 2.10. The Kier molecular flexibility index (Phi) is 3.99. The molecule has 0 amide bonds. The molecule has 0 saturated carbocycles. The summed E-state index contributed by atoms with van der Waals surface area (Å²) in [6.07, 6.45) is 0.925. The molecule has 0 aliphatic carbocycles. The minimum atomic E-state index is 0.0558.